The number of hydrogen-bond donors (Lipinski definition) is 0. The highest BCUT2D eigenvalue weighted by Gasteiger charge is 2.51. The van der Waals surface area contributed by atoms with E-state index in [-0.39, 0.29) is 19.1 Å². The van der Waals surface area contributed by atoms with Crippen LogP contribution < -0.4 is 42.6 Å². The topological polar surface area (TPSA) is 6.48 Å². The molecule has 4 aliphatic rings. The van der Waals surface area contributed by atoms with Crippen molar-refractivity contribution < 1.29 is 13.2 Å². The third kappa shape index (κ3) is 4.71. The SMILES string of the molecule is FC(F)(F)c1ccccc1N1c2ccccc2B2c3ccc(-c4ccccc4)cc3N3c4cc(-c5ccccc5)ccc4B4c5ccccc5Sc5cc1c2c3c54. The molecule has 0 N–H and O–H groups in total. The van der Waals surface area contributed by atoms with E-state index in [1.54, 1.807) is 23.9 Å². The minimum atomic E-state index is -4.56. The lowest BCUT2D eigenvalue weighted by Gasteiger charge is -2.49. The normalized spacial score (nSPS) is 14.0. The van der Waals surface area contributed by atoms with E-state index in [1.807, 2.05) is 35.2 Å². The molecule has 57 heavy (non-hydrogen) atoms. The van der Waals surface area contributed by atoms with Gasteiger partial charge in [-0.15, -0.1) is 0 Å². The van der Waals surface area contributed by atoms with Crippen molar-refractivity contribution in [3.05, 3.63) is 181 Å². The zero-order valence-electron chi connectivity index (χ0n) is 30.3. The number of benzene rings is 8. The molecule has 8 aromatic carbocycles. The van der Waals surface area contributed by atoms with Gasteiger partial charge in [0.1, 0.15) is 0 Å². The maximum Gasteiger partial charge on any atom is 0.418 e. The lowest BCUT2D eigenvalue weighted by atomic mass is 9.29. The van der Waals surface area contributed by atoms with Gasteiger partial charge in [0.25, 0.3) is 6.71 Å². The van der Waals surface area contributed by atoms with Crippen LogP contribution in [0.1, 0.15) is 5.56 Å². The summed E-state index contributed by atoms with van der Waals surface area (Å²) in [6.45, 7) is -0.287. The van der Waals surface area contributed by atoms with Crippen molar-refractivity contribution in [2.45, 2.75) is 16.0 Å². The van der Waals surface area contributed by atoms with Gasteiger partial charge in [-0.25, -0.2) is 0 Å². The number of rotatable bonds is 3. The van der Waals surface area contributed by atoms with E-state index in [1.165, 1.54) is 28.5 Å². The quantitative estimate of drug-likeness (QED) is 0.166. The van der Waals surface area contributed by atoms with Gasteiger partial charge < -0.3 is 9.80 Å². The zero-order valence-corrected chi connectivity index (χ0v) is 31.2. The van der Waals surface area contributed by atoms with Crippen molar-refractivity contribution in [2.24, 2.45) is 0 Å². The summed E-state index contributed by atoms with van der Waals surface area (Å²) in [6.07, 6.45) is -4.56. The average molecular weight is 756 g/mol. The van der Waals surface area contributed by atoms with Gasteiger partial charge in [0.05, 0.1) is 11.3 Å². The number of halogens is 3. The molecule has 4 aliphatic heterocycles. The third-order valence-corrected chi connectivity index (χ3v) is 13.3. The molecule has 0 aliphatic carbocycles. The van der Waals surface area contributed by atoms with Gasteiger partial charge in [-0.2, -0.15) is 13.2 Å². The molecule has 0 radical (unpaired) electrons. The van der Waals surface area contributed by atoms with Crippen molar-refractivity contribution in [3.63, 3.8) is 0 Å². The molecule has 8 heteroatoms. The average Bonchev–Trinajstić information content (AvgIpc) is 3.25. The fraction of sp³-hybridized carbons (Fsp3) is 0.0204. The van der Waals surface area contributed by atoms with Crippen LogP contribution in [0.25, 0.3) is 22.3 Å². The van der Waals surface area contributed by atoms with Crippen molar-refractivity contribution in [1.82, 2.24) is 0 Å². The molecule has 0 bridgehead atoms. The van der Waals surface area contributed by atoms with Crippen LogP contribution in [0, 0.1) is 0 Å². The van der Waals surface area contributed by atoms with Gasteiger partial charge in [0.2, 0.25) is 6.71 Å². The zero-order chi connectivity index (χ0) is 38.0. The van der Waals surface area contributed by atoms with Crippen LogP contribution in [0.4, 0.5) is 47.3 Å². The van der Waals surface area contributed by atoms with Crippen LogP contribution in [-0.4, -0.2) is 13.4 Å². The molecule has 0 amide bonds. The van der Waals surface area contributed by atoms with E-state index in [2.05, 4.69) is 126 Å². The Morgan fingerprint density at radius 3 is 1.56 bits per heavy atom. The molecule has 0 saturated carbocycles. The first-order valence-electron chi connectivity index (χ1n) is 19.2. The molecule has 4 heterocycles. The first-order valence-corrected chi connectivity index (χ1v) is 20.0. The summed E-state index contributed by atoms with van der Waals surface area (Å²) in [6, 6.07) is 59.4. The Kier molecular flexibility index (Phi) is 6.95. The van der Waals surface area contributed by atoms with E-state index in [0.717, 1.165) is 76.9 Å². The van der Waals surface area contributed by atoms with Crippen molar-refractivity contribution >= 4 is 92.1 Å². The third-order valence-electron chi connectivity index (χ3n) is 12.1. The van der Waals surface area contributed by atoms with E-state index < -0.39 is 11.7 Å². The van der Waals surface area contributed by atoms with Crippen LogP contribution in [-0.2, 0) is 6.18 Å². The first kappa shape index (κ1) is 32.8. The van der Waals surface area contributed by atoms with E-state index >= 15 is 13.2 Å². The summed E-state index contributed by atoms with van der Waals surface area (Å²) < 4.78 is 45.1. The standard InChI is InChI=1S/C49H29B2F3N2S/c52-49(53,54)34-17-7-10-20-39(34)55-40-21-11-8-18-35(40)50-36-25-23-32(30-13-3-1-4-14-30)27-41(36)56-42-28-33(31-15-5-2-6-16-31)24-26-37(42)51-38-19-9-12-22-44(38)57-45-29-43(55)46(50)48(56)47(45)51/h1-29H. The second-order valence-corrected chi connectivity index (χ2v) is 16.2. The molecule has 0 spiro atoms. The molecule has 0 unspecified atom stereocenters. The smallest absolute Gasteiger partial charge is 0.312 e. The Morgan fingerprint density at radius 1 is 0.386 bits per heavy atom. The Bertz CT molecular complexity index is 2920. The largest absolute Gasteiger partial charge is 0.418 e. The Balaban J connectivity index is 1.23. The molecule has 12 rings (SSSR count). The van der Waals surface area contributed by atoms with Crippen LogP contribution in [0.3, 0.4) is 0 Å². The highest BCUT2D eigenvalue weighted by molar-refractivity contribution is 8.00. The van der Waals surface area contributed by atoms with Gasteiger partial charge in [-0.1, -0.05) is 151 Å². The molecule has 0 saturated heterocycles. The molecule has 0 fully saturated rings. The number of anilines is 6. The van der Waals surface area contributed by atoms with Crippen LogP contribution in [0.5, 0.6) is 0 Å². The maximum absolute atomic E-state index is 15.0. The lowest BCUT2D eigenvalue weighted by Crippen LogP contribution is -2.68. The first-order chi connectivity index (χ1) is 27.9. The van der Waals surface area contributed by atoms with Gasteiger partial charge >= 0.3 is 6.18 Å². The second-order valence-electron chi connectivity index (χ2n) is 15.1. The minimum Gasteiger partial charge on any atom is -0.312 e. The Labute approximate surface area is 333 Å². The van der Waals surface area contributed by atoms with Crippen molar-refractivity contribution in [2.75, 3.05) is 9.80 Å². The fourth-order valence-electron chi connectivity index (χ4n) is 9.81. The predicted molar refractivity (Wildman–Crippen MR) is 232 cm³/mol. The number of fused-ring (bicyclic) bond motifs is 10. The molecule has 268 valence electrons. The van der Waals surface area contributed by atoms with E-state index in [4.69, 9.17) is 0 Å². The van der Waals surface area contributed by atoms with Crippen molar-refractivity contribution in [3.8, 4) is 22.3 Å². The number of para-hydroxylation sites is 2. The second kappa shape index (κ2) is 12.1. The molecule has 2 nitrogen and oxygen atoms in total. The Hall–Kier alpha value is -6.37. The van der Waals surface area contributed by atoms with Crippen LogP contribution in [0.15, 0.2) is 186 Å². The Morgan fingerprint density at radius 2 is 0.912 bits per heavy atom. The van der Waals surface area contributed by atoms with Crippen LogP contribution in [0.2, 0.25) is 0 Å². The van der Waals surface area contributed by atoms with E-state index in [0.29, 0.717) is 0 Å². The number of alkyl halides is 3. The van der Waals surface area contributed by atoms with Gasteiger partial charge in [0, 0.05) is 38.2 Å². The molecular weight excluding hydrogens is 727 g/mol. The monoisotopic (exact) mass is 756 g/mol. The number of hydrogen-bond acceptors (Lipinski definition) is 3. The minimum absolute atomic E-state index is 0.0681. The maximum atomic E-state index is 15.0. The van der Waals surface area contributed by atoms with Gasteiger partial charge in [-0.3, -0.25) is 0 Å². The molecular formula is C49H29B2F3N2S. The van der Waals surface area contributed by atoms with Gasteiger partial charge in [-0.05, 0) is 92.0 Å². The summed E-state index contributed by atoms with van der Waals surface area (Å²) in [4.78, 5) is 6.55. The summed E-state index contributed by atoms with van der Waals surface area (Å²) in [7, 11) is 0. The fourth-order valence-corrected chi connectivity index (χ4v) is 11.0. The summed E-state index contributed by atoms with van der Waals surface area (Å²) in [5.74, 6) is 0. The van der Waals surface area contributed by atoms with Crippen LogP contribution >= 0.6 is 11.8 Å². The van der Waals surface area contributed by atoms with Crippen molar-refractivity contribution in [1.29, 1.82) is 0 Å². The predicted octanol–water partition coefficient (Wildman–Crippen LogP) is 9.42. The molecule has 0 atom stereocenters. The van der Waals surface area contributed by atoms with Gasteiger partial charge in [0.15, 0.2) is 0 Å². The molecule has 0 aromatic heterocycles. The highest BCUT2D eigenvalue weighted by atomic mass is 32.2. The highest BCUT2D eigenvalue weighted by Crippen LogP contribution is 2.50. The molecule has 8 aromatic rings. The summed E-state index contributed by atoms with van der Waals surface area (Å²) in [5.41, 5.74) is 15.5. The lowest BCUT2D eigenvalue weighted by molar-refractivity contribution is -0.137. The number of nitrogens with zero attached hydrogens (tertiary/aromatic N) is 2. The summed E-state index contributed by atoms with van der Waals surface area (Å²) in [5, 5.41) is 0. The van der Waals surface area contributed by atoms with E-state index in [9.17, 15) is 0 Å². The summed E-state index contributed by atoms with van der Waals surface area (Å²) >= 11 is 1.72.